The van der Waals surface area contributed by atoms with Gasteiger partial charge in [0.25, 0.3) is 0 Å². The highest BCUT2D eigenvalue weighted by Crippen LogP contribution is 2.05. The Labute approximate surface area is 126 Å². The maximum Gasteiger partial charge on any atom is 0.191 e. The van der Waals surface area contributed by atoms with Gasteiger partial charge in [0.1, 0.15) is 0 Å². The van der Waals surface area contributed by atoms with Crippen molar-refractivity contribution in [2.24, 2.45) is 4.99 Å². The lowest BCUT2D eigenvalue weighted by molar-refractivity contribution is 0.839. The van der Waals surface area contributed by atoms with Crippen LogP contribution in [0.5, 0.6) is 0 Å². The second kappa shape index (κ2) is 9.71. The fourth-order valence-electron chi connectivity index (χ4n) is 1.42. The molecule has 0 fully saturated rings. The molecule has 0 aliphatic heterocycles. The number of hydrogen-bond donors (Lipinski definition) is 2. The Morgan fingerprint density at radius 2 is 1.94 bits per heavy atom. The van der Waals surface area contributed by atoms with Crippen molar-refractivity contribution in [3.05, 3.63) is 35.4 Å². The second-order valence-electron chi connectivity index (χ2n) is 3.54. The van der Waals surface area contributed by atoms with Gasteiger partial charge in [-0.25, -0.2) is 4.99 Å². The molecule has 0 atom stereocenters. The van der Waals surface area contributed by atoms with Gasteiger partial charge in [-0.3, -0.25) is 0 Å². The normalized spacial score (nSPS) is 8.72. The monoisotopic (exact) mass is 358 g/mol. The topological polar surface area (TPSA) is 60.2 Å². The highest BCUT2D eigenvalue weighted by molar-refractivity contribution is 14.0. The van der Waals surface area contributed by atoms with Gasteiger partial charge in [-0.05, 0) is 31.5 Å². The summed E-state index contributed by atoms with van der Waals surface area (Å²) in [6, 6.07) is 9.63. The molecule has 0 heterocycles. The van der Waals surface area contributed by atoms with Gasteiger partial charge in [0.05, 0.1) is 18.2 Å². The first-order chi connectivity index (χ1) is 8.30. The molecule has 0 aromatic heterocycles. The second-order valence-corrected chi connectivity index (χ2v) is 3.54. The molecule has 1 rings (SSSR count). The van der Waals surface area contributed by atoms with E-state index < -0.39 is 0 Å². The Balaban J connectivity index is 0.00000289. The minimum Gasteiger partial charge on any atom is -0.357 e. The molecule has 0 saturated carbocycles. The summed E-state index contributed by atoms with van der Waals surface area (Å²) < 4.78 is 0. The average molecular weight is 358 g/mol. The number of benzene rings is 1. The lowest BCUT2D eigenvalue weighted by atomic mass is 10.1. The van der Waals surface area contributed by atoms with Crippen LogP contribution in [0.1, 0.15) is 25.0 Å². The van der Waals surface area contributed by atoms with Gasteiger partial charge in [0.15, 0.2) is 5.96 Å². The molecule has 2 N–H and O–H groups in total. The third-order valence-electron chi connectivity index (χ3n) is 2.16. The molecule has 0 spiro atoms. The molecule has 98 valence electrons. The standard InChI is InChI=1S/C13H18N4.HI/c1-3-15-13(16-4-2)17-10-12-7-5-6-11(8-12)9-14;/h5-8H,3-4,10H2,1-2H3,(H2,15,16,17);1H. The van der Waals surface area contributed by atoms with E-state index in [2.05, 4.69) is 21.7 Å². The molecule has 0 aliphatic rings. The number of rotatable bonds is 4. The van der Waals surface area contributed by atoms with E-state index in [-0.39, 0.29) is 24.0 Å². The van der Waals surface area contributed by atoms with Crippen LogP contribution in [-0.4, -0.2) is 19.0 Å². The lowest BCUT2D eigenvalue weighted by Gasteiger charge is -2.08. The molecule has 5 heteroatoms. The molecule has 1 aromatic carbocycles. The first-order valence-electron chi connectivity index (χ1n) is 5.81. The molecule has 0 radical (unpaired) electrons. The van der Waals surface area contributed by atoms with Crippen molar-refractivity contribution in [3.8, 4) is 6.07 Å². The van der Waals surface area contributed by atoms with Crippen LogP contribution in [0.25, 0.3) is 0 Å². The lowest BCUT2D eigenvalue weighted by Crippen LogP contribution is -2.36. The largest absolute Gasteiger partial charge is 0.357 e. The predicted octanol–water partition coefficient (Wildman–Crippen LogP) is 2.25. The molecule has 0 saturated heterocycles. The smallest absolute Gasteiger partial charge is 0.191 e. The van der Waals surface area contributed by atoms with Gasteiger partial charge in [0, 0.05) is 13.1 Å². The molecule has 4 nitrogen and oxygen atoms in total. The summed E-state index contributed by atoms with van der Waals surface area (Å²) in [6.07, 6.45) is 0. The van der Waals surface area contributed by atoms with Gasteiger partial charge >= 0.3 is 0 Å². The molecule has 1 aromatic rings. The van der Waals surface area contributed by atoms with Crippen molar-refractivity contribution >= 4 is 29.9 Å². The molecular weight excluding hydrogens is 339 g/mol. The number of nitrogens with one attached hydrogen (secondary N) is 2. The van der Waals surface area contributed by atoms with Crippen LogP contribution in [-0.2, 0) is 6.54 Å². The SMILES string of the molecule is CCNC(=NCc1cccc(C#N)c1)NCC.I. The fraction of sp³-hybridized carbons (Fsp3) is 0.385. The summed E-state index contributed by atoms with van der Waals surface area (Å²) in [5.41, 5.74) is 1.71. The number of nitrogens with zero attached hydrogens (tertiary/aromatic N) is 2. The Bertz CT molecular complexity index is 415. The number of guanidine groups is 1. The van der Waals surface area contributed by atoms with Crippen molar-refractivity contribution in [2.75, 3.05) is 13.1 Å². The van der Waals surface area contributed by atoms with Crippen molar-refractivity contribution in [1.82, 2.24) is 10.6 Å². The van der Waals surface area contributed by atoms with Gasteiger partial charge in [-0.15, -0.1) is 24.0 Å². The summed E-state index contributed by atoms with van der Waals surface area (Å²) in [7, 11) is 0. The Kier molecular flexibility index (Phi) is 9.01. The zero-order chi connectivity index (χ0) is 12.5. The third-order valence-corrected chi connectivity index (χ3v) is 2.16. The number of halogens is 1. The molecular formula is C13H19IN4. The number of aliphatic imine (C=N–C) groups is 1. The fourth-order valence-corrected chi connectivity index (χ4v) is 1.42. The van der Waals surface area contributed by atoms with Crippen LogP contribution in [0.15, 0.2) is 29.3 Å². The molecule has 18 heavy (non-hydrogen) atoms. The Morgan fingerprint density at radius 1 is 1.28 bits per heavy atom. The van der Waals surface area contributed by atoms with Gasteiger partial charge in [-0.1, -0.05) is 12.1 Å². The van der Waals surface area contributed by atoms with E-state index in [1.165, 1.54) is 0 Å². The van der Waals surface area contributed by atoms with Crippen LogP contribution >= 0.6 is 24.0 Å². The van der Waals surface area contributed by atoms with Gasteiger partial charge in [0.2, 0.25) is 0 Å². The predicted molar refractivity (Wildman–Crippen MR) is 85.1 cm³/mol. The van der Waals surface area contributed by atoms with Gasteiger partial charge < -0.3 is 10.6 Å². The average Bonchev–Trinajstić information content (AvgIpc) is 2.37. The summed E-state index contributed by atoms with van der Waals surface area (Å²) in [6.45, 7) is 6.31. The zero-order valence-corrected chi connectivity index (χ0v) is 13.1. The first kappa shape index (κ1) is 16.7. The maximum atomic E-state index is 8.80. The van der Waals surface area contributed by atoms with E-state index in [4.69, 9.17) is 5.26 Å². The van der Waals surface area contributed by atoms with E-state index in [9.17, 15) is 0 Å². The van der Waals surface area contributed by atoms with Crippen LogP contribution in [0.4, 0.5) is 0 Å². The molecule has 0 amide bonds. The van der Waals surface area contributed by atoms with Gasteiger partial charge in [-0.2, -0.15) is 5.26 Å². The van der Waals surface area contributed by atoms with Crippen molar-refractivity contribution in [3.63, 3.8) is 0 Å². The molecule has 0 unspecified atom stereocenters. The Morgan fingerprint density at radius 3 is 2.50 bits per heavy atom. The minimum absolute atomic E-state index is 0. The molecule has 0 bridgehead atoms. The van der Waals surface area contributed by atoms with Crippen molar-refractivity contribution in [1.29, 1.82) is 5.26 Å². The summed E-state index contributed by atoms with van der Waals surface area (Å²) in [5.74, 6) is 0.803. The van der Waals surface area contributed by atoms with E-state index in [0.717, 1.165) is 24.6 Å². The van der Waals surface area contributed by atoms with E-state index >= 15 is 0 Å². The van der Waals surface area contributed by atoms with Crippen molar-refractivity contribution < 1.29 is 0 Å². The van der Waals surface area contributed by atoms with E-state index in [1.807, 2.05) is 32.0 Å². The maximum absolute atomic E-state index is 8.80. The third kappa shape index (κ3) is 5.87. The number of hydrogen-bond acceptors (Lipinski definition) is 2. The van der Waals surface area contributed by atoms with Crippen LogP contribution < -0.4 is 10.6 Å². The Hall–Kier alpha value is -1.29. The van der Waals surface area contributed by atoms with Crippen molar-refractivity contribution in [2.45, 2.75) is 20.4 Å². The quantitative estimate of drug-likeness (QED) is 0.493. The highest BCUT2D eigenvalue weighted by atomic mass is 127. The van der Waals surface area contributed by atoms with Crippen LogP contribution in [0.2, 0.25) is 0 Å². The summed E-state index contributed by atoms with van der Waals surface area (Å²) >= 11 is 0. The van der Waals surface area contributed by atoms with E-state index in [0.29, 0.717) is 12.1 Å². The zero-order valence-electron chi connectivity index (χ0n) is 10.7. The van der Waals surface area contributed by atoms with Crippen LogP contribution in [0, 0.1) is 11.3 Å². The molecule has 0 aliphatic carbocycles. The first-order valence-corrected chi connectivity index (χ1v) is 5.81. The summed E-state index contributed by atoms with van der Waals surface area (Å²) in [5, 5.41) is 15.1. The highest BCUT2D eigenvalue weighted by Gasteiger charge is 1.96. The minimum atomic E-state index is 0. The van der Waals surface area contributed by atoms with E-state index in [1.54, 1.807) is 6.07 Å². The summed E-state index contributed by atoms with van der Waals surface area (Å²) in [4.78, 5) is 4.43. The van der Waals surface area contributed by atoms with Crippen LogP contribution in [0.3, 0.4) is 0 Å². The number of nitriles is 1.